The quantitative estimate of drug-likeness (QED) is 0.696. The molecule has 1 aromatic carbocycles. The maximum absolute atomic E-state index is 6.17. The van der Waals surface area contributed by atoms with Gasteiger partial charge in [-0.2, -0.15) is 0 Å². The van der Waals surface area contributed by atoms with Crippen LogP contribution in [0.4, 0.5) is 5.82 Å². The van der Waals surface area contributed by atoms with Gasteiger partial charge >= 0.3 is 0 Å². The third-order valence-corrected chi connectivity index (χ3v) is 5.43. The van der Waals surface area contributed by atoms with Crippen molar-refractivity contribution in [3.8, 4) is 0 Å². The molecule has 0 fully saturated rings. The predicted octanol–water partition coefficient (Wildman–Crippen LogP) is 5.45. The van der Waals surface area contributed by atoms with E-state index in [9.17, 15) is 0 Å². The molecular formula is C16H20BrClN2. The van der Waals surface area contributed by atoms with Crippen molar-refractivity contribution in [2.75, 3.05) is 17.7 Å². The number of hydrogen-bond acceptors (Lipinski definition) is 2. The molecule has 2 aromatic rings. The SMILES string of the molecule is CCC(CC)(CCl)CNc1nccc2c(Br)cccc12. The Morgan fingerprint density at radius 3 is 2.60 bits per heavy atom. The molecule has 0 spiro atoms. The van der Waals surface area contributed by atoms with E-state index in [2.05, 4.69) is 46.1 Å². The minimum absolute atomic E-state index is 0.136. The highest BCUT2D eigenvalue weighted by atomic mass is 79.9. The molecule has 20 heavy (non-hydrogen) atoms. The molecule has 1 aromatic heterocycles. The van der Waals surface area contributed by atoms with Gasteiger partial charge in [0.1, 0.15) is 5.82 Å². The number of alkyl halides is 1. The second kappa shape index (κ2) is 6.77. The van der Waals surface area contributed by atoms with Crippen LogP contribution >= 0.6 is 27.5 Å². The highest BCUT2D eigenvalue weighted by molar-refractivity contribution is 9.10. The lowest BCUT2D eigenvalue weighted by molar-refractivity contribution is 0.326. The number of benzene rings is 1. The number of rotatable bonds is 6. The number of aromatic nitrogens is 1. The molecule has 2 nitrogen and oxygen atoms in total. The van der Waals surface area contributed by atoms with Crippen LogP contribution in [0.15, 0.2) is 34.9 Å². The van der Waals surface area contributed by atoms with Crippen LogP contribution in [0.5, 0.6) is 0 Å². The second-order valence-electron chi connectivity index (χ2n) is 5.19. The summed E-state index contributed by atoms with van der Waals surface area (Å²) >= 11 is 9.75. The fourth-order valence-corrected chi connectivity index (χ4v) is 3.29. The van der Waals surface area contributed by atoms with E-state index in [-0.39, 0.29) is 5.41 Å². The molecule has 0 bridgehead atoms. The second-order valence-corrected chi connectivity index (χ2v) is 6.31. The van der Waals surface area contributed by atoms with E-state index in [0.29, 0.717) is 5.88 Å². The highest BCUT2D eigenvalue weighted by Gasteiger charge is 2.25. The molecule has 0 radical (unpaired) electrons. The van der Waals surface area contributed by atoms with Gasteiger partial charge in [-0.05, 0) is 25.0 Å². The van der Waals surface area contributed by atoms with E-state index in [1.54, 1.807) is 0 Å². The van der Waals surface area contributed by atoms with Crippen molar-refractivity contribution >= 4 is 44.1 Å². The average molecular weight is 356 g/mol. The normalized spacial score (nSPS) is 11.8. The molecule has 0 saturated heterocycles. The largest absolute Gasteiger partial charge is 0.369 e. The fraction of sp³-hybridized carbons (Fsp3) is 0.438. The Morgan fingerprint density at radius 2 is 1.95 bits per heavy atom. The van der Waals surface area contributed by atoms with E-state index < -0.39 is 0 Å². The summed E-state index contributed by atoms with van der Waals surface area (Å²) in [5.41, 5.74) is 0.136. The number of anilines is 1. The van der Waals surface area contributed by atoms with Crippen molar-refractivity contribution in [2.45, 2.75) is 26.7 Å². The van der Waals surface area contributed by atoms with Gasteiger partial charge in [0, 0.05) is 39.3 Å². The fourth-order valence-electron chi connectivity index (χ4n) is 2.32. The molecule has 0 atom stereocenters. The van der Waals surface area contributed by atoms with Crippen molar-refractivity contribution in [3.05, 3.63) is 34.9 Å². The van der Waals surface area contributed by atoms with Gasteiger partial charge in [-0.3, -0.25) is 0 Å². The summed E-state index contributed by atoms with van der Waals surface area (Å²) in [6.07, 6.45) is 3.97. The summed E-state index contributed by atoms with van der Waals surface area (Å²) < 4.78 is 1.09. The van der Waals surface area contributed by atoms with E-state index in [4.69, 9.17) is 11.6 Å². The molecular weight excluding hydrogens is 336 g/mol. The zero-order chi connectivity index (χ0) is 14.6. The topological polar surface area (TPSA) is 24.9 Å². The standard InChI is InChI=1S/C16H20BrClN2/c1-3-16(4-2,10-18)11-20-15-13-6-5-7-14(17)12(13)8-9-19-15/h5-9H,3-4,10-11H2,1-2H3,(H,19,20). The van der Waals surface area contributed by atoms with Crippen LogP contribution < -0.4 is 5.32 Å². The number of hydrogen-bond donors (Lipinski definition) is 1. The van der Waals surface area contributed by atoms with E-state index in [1.807, 2.05) is 24.4 Å². The number of halogens is 2. The monoisotopic (exact) mass is 354 g/mol. The van der Waals surface area contributed by atoms with Gasteiger partial charge in [0.15, 0.2) is 0 Å². The van der Waals surface area contributed by atoms with Crippen LogP contribution in [-0.4, -0.2) is 17.4 Å². The van der Waals surface area contributed by atoms with Crippen molar-refractivity contribution in [2.24, 2.45) is 5.41 Å². The molecule has 1 N–H and O–H groups in total. The van der Waals surface area contributed by atoms with Crippen molar-refractivity contribution < 1.29 is 0 Å². The number of pyridine rings is 1. The van der Waals surface area contributed by atoms with Crippen LogP contribution in [0.3, 0.4) is 0 Å². The van der Waals surface area contributed by atoms with Gasteiger partial charge in [0.05, 0.1) is 0 Å². The van der Waals surface area contributed by atoms with Crippen LogP contribution in [0.2, 0.25) is 0 Å². The highest BCUT2D eigenvalue weighted by Crippen LogP contribution is 2.31. The molecule has 0 saturated carbocycles. The van der Waals surface area contributed by atoms with Gasteiger partial charge < -0.3 is 5.32 Å². The maximum Gasteiger partial charge on any atom is 0.133 e. The van der Waals surface area contributed by atoms with Gasteiger partial charge in [-0.1, -0.05) is 41.9 Å². The number of fused-ring (bicyclic) bond motifs is 1. The Hall–Kier alpha value is -0.800. The summed E-state index contributed by atoms with van der Waals surface area (Å²) in [7, 11) is 0. The molecule has 0 unspecified atom stereocenters. The van der Waals surface area contributed by atoms with Crippen LogP contribution in [0.1, 0.15) is 26.7 Å². The third-order valence-electron chi connectivity index (χ3n) is 4.17. The summed E-state index contributed by atoms with van der Waals surface area (Å²) in [4.78, 5) is 4.48. The first-order chi connectivity index (χ1) is 9.65. The smallest absolute Gasteiger partial charge is 0.133 e. The molecule has 1 heterocycles. The summed E-state index contributed by atoms with van der Waals surface area (Å²) in [6, 6.07) is 8.20. The maximum atomic E-state index is 6.17. The van der Waals surface area contributed by atoms with Gasteiger partial charge in [-0.15, -0.1) is 11.6 Å². The summed E-state index contributed by atoms with van der Waals surface area (Å²) in [6.45, 7) is 5.24. The Kier molecular flexibility index (Phi) is 5.28. The Balaban J connectivity index is 2.28. The molecule has 2 rings (SSSR count). The number of nitrogens with zero attached hydrogens (tertiary/aromatic N) is 1. The van der Waals surface area contributed by atoms with Crippen LogP contribution in [0, 0.1) is 5.41 Å². The minimum atomic E-state index is 0.136. The first kappa shape index (κ1) is 15.6. The predicted molar refractivity (Wildman–Crippen MR) is 91.7 cm³/mol. The van der Waals surface area contributed by atoms with Gasteiger partial charge in [0.25, 0.3) is 0 Å². The molecule has 0 aliphatic carbocycles. The average Bonchev–Trinajstić information content (AvgIpc) is 2.50. The lowest BCUT2D eigenvalue weighted by Gasteiger charge is -2.29. The van der Waals surface area contributed by atoms with Crippen LogP contribution in [-0.2, 0) is 0 Å². The van der Waals surface area contributed by atoms with Crippen molar-refractivity contribution in [3.63, 3.8) is 0 Å². The van der Waals surface area contributed by atoms with Crippen molar-refractivity contribution in [1.29, 1.82) is 0 Å². The first-order valence-corrected chi connectivity index (χ1v) is 8.31. The zero-order valence-electron chi connectivity index (χ0n) is 11.9. The Bertz CT molecular complexity index is 573. The van der Waals surface area contributed by atoms with Crippen molar-refractivity contribution in [1.82, 2.24) is 4.98 Å². The van der Waals surface area contributed by atoms with E-state index in [1.165, 1.54) is 5.39 Å². The van der Waals surface area contributed by atoms with Gasteiger partial charge in [0.2, 0.25) is 0 Å². The summed E-state index contributed by atoms with van der Waals surface area (Å²) in [5.74, 6) is 1.60. The summed E-state index contributed by atoms with van der Waals surface area (Å²) in [5, 5.41) is 5.80. The third kappa shape index (κ3) is 3.09. The Labute approximate surface area is 134 Å². The first-order valence-electron chi connectivity index (χ1n) is 6.99. The molecule has 0 aliphatic heterocycles. The van der Waals surface area contributed by atoms with E-state index >= 15 is 0 Å². The molecule has 0 aliphatic rings. The zero-order valence-corrected chi connectivity index (χ0v) is 14.3. The van der Waals surface area contributed by atoms with E-state index in [0.717, 1.165) is 35.1 Å². The molecule has 0 amide bonds. The van der Waals surface area contributed by atoms with Crippen LogP contribution in [0.25, 0.3) is 10.8 Å². The van der Waals surface area contributed by atoms with Gasteiger partial charge in [-0.25, -0.2) is 4.98 Å². The molecule has 108 valence electrons. The lowest BCUT2D eigenvalue weighted by atomic mass is 9.84. The molecule has 4 heteroatoms. The lowest BCUT2D eigenvalue weighted by Crippen LogP contribution is -2.30. The minimum Gasteiger partial charge on any atom is -0.369 e. The number of nitrogens with one attached hydrogen (secondary N) is 1. The Morgan fingerprint density at radius 1 is 1.20 bits per heavy atom.